The summed E-state index contributed by atoms with van der Waals surface area (Å²) in [7, 11) is 0. The van der Waals surface area contributed by atoms with E-state index in [1.54, 1.807) is 6.08 Å². The highest BCUT2D eigenvalue weighted by molar-refractivity contribution is 6.30. The van der Waals surface area contributed by atoms with Crippen LogP contribution in [0.5, 0.6) is 0 Å². The number of allylic oxidation sites excluding steroid dienone is 1. The van der Waals surface area contributed by atoms with Gasteiger partial charge in [-0.3, -0.25) is 4.79 Å². The summed E-state index contributed by atoms with van der Waals surface area (Å²) in [6.45, 7) is 0.952. The Bertz CT molecular complexity index is 1240. The number of benzene rings is 3. The predicted molar refractivity (Wildman–Crippen MR) is 134 cm³/mol. The molecule has 166 valence electrons. The van der Waals surface area contributed by atoms with Gasteiger partial charge in [0, 0.05) is 29.2 Å². The molecule has 2 N–H and O–H groups in total. The first-order valence-corrected chi connectivity index (χ1v) is 11.0. The number of hydrogen-bond donors (Lipinski definition) is 2. The average Bonchev–Trinajstić information content (AvgIpc) is 3.26. The number of halogens is 2. The fourth-order valence-corrected chi connectivity index (χ4v) is 3.28. The molecule has 1 aromatic heterocycles. The van der Waals surface area contributed by atoms with Crippen molar-refractivity contribution in [1.29, 1.82) is 0 Å². The van der Waals surface area contributed by atoms with Gasteiger partial charge in [0.1, 0.15) is 0 Å². The van der Waals surface area contributed by atoms with Crippen LogP contribution in [0.2, 0.25) is 10.0 Å². The van der Waals surface area contributed by atoms with Crippen LogP contribution in [0, 0.1) is 0 Å². The van der Waals surface area contributed by atoms with Crippen LogP contribution in [0.1, 0.15) is 21.5 Å². The Kier molecular flexibility index (Phi) is 7.40. The fraction of sp³-hybridized carbons (Fsp3) is 0.0800. The van der Waals surface area contributed by atoms with Gasteiger partial charge in [0.25, 0.3) is 5.91 Å². The van der Waals surface area contributed by atoms with Crippen LogP contribution in [-0.4, -0.2) is 20.7 Å². The Morgan fingerprint density at radius 2 is 1.39 bits per heavy atom. The normalized spacial score (nSPS) is 11.0. The van der Waals surface area contributed by atoms with Gasteiger partial charge >= 0.3 is 0 Å². The molecule has 0 radical (unpaired) electrons. The molecule has 0 saturated carbocycles. The lowest BCUT2D eigenvalue weighted by molar-refractivity contribution is 0.0957. The molecular formula is C25H21Cl2N5O. The zero-order chi connectivity index (χ0) is 23.0. The monoisotopic (exact) mass is 477 g/mol. The summed E-state index contributed by atoms with van der Waals surface area (Å²) in [4.78, 5) is 17.4. The Labute approximate surface area is 201 Å². The second kappa shape index (κ2) is 10.8. The largest absolute Gasteiger partial charge is 0.350 e. The molecule has 0 saturated heterocycles. The first kappa shape index (κ1) is 22.6. The molecule has 4 aromatic rings. The Morgan fingerprint density at radius 3 is 2.00 bits per heavy atom. The van der Waals surface area contributed by atoms with Crippen molar-refractivity contribution in [2.45, 2.75) is 13.1 Å². The maximum Gasteiger partial charge on any atom is 0.274 e. The minimum Gasteiger partial charge on any atom is -0.350 e. The van der Waals surface area contributed by atoms with Crippen LogP contribution in [0.15, 0.2) is 84.9 Å². The van der Waals surface area contributed by atoms with Gasteiger partial charge in [0.05, 0.1) is 0 Å². The first-order chi connectivity index (χ1) is 16.1. The lowest BCUT2D eigenvalue weighted by atomic mass is 10.2. The quantitative estimate of drug-likeness (QED) is 0.297. The van der Waals surface area contributed by atoms with Crippen LogP contribution in [-0.2, 0) is 13.1 Å². The van der Waals surface area contributed by atoms with Crippen molar-refractivity contribution in [3.8, 4) is 0 Å². The zero-order valence-corrected chi connectivity index (χ0v) is 19.1. The van der Waals surface area contributed by atoms with Gasteiger partial charge in [0.2, 0.25) is 11.9 Å². The summed E-state index contributed by atoms with van der Waals surface area (Å²) in [5.41, 5.74) is 2.93. The standard InChI is InChI=1S/C25H21Cl2N5O/c26-21-11-6-19(7-12-21)16-28-24-30-25(29-17-20-8-13-22(27)14-9-20)32(31-24)23(33)15-10-18-4-2-1-3-5-18/h1-15H,16-17H2,(H2,28,29,30,31)/b15-10+. The SMILES string of the molecule is O=C(/C=C/c1ccccc1)n1nc(NCc2ccc(Cl)cc2)nc1NCc1ccc(Cl)cc1. The lowest BCUT2D eigenvalue weighted by Gasteiger charge is -2.06. The highest BCUT2D eigenvalue weighted by Gasteiger charge is 2.14. The number of carbonyl (C=O) groups excluding carboxylic acids is 1. The summed E-state index contributed by atoms with van der Waals surface area (Å²) in [6, 6.07) is 24.5. The summed E-state index contributed by atoms with van der Waals surface area (Å²) in [6.07, 6.45) is 3.22. The second-order valence-corrected chi connectivity index (χ2v) is 8.09. The number of rotatable bonds is 8. The summed E-state index contributed by atoms with van der Waals surface area (Å²) >= 11 is 11.9. The smallest absolute Gasteiger partial charge is 0.274 e. The molecule has 33 heavy (non-hydrogen) atoms. The van der Waals surface area contributed by atoms with E-state index in [1.807, 2.05) is 78.9 Å². The van der Waals surface area contributed by atoms with E-state index in [0.29, 0.717) is 35.0 Å². The molecule has 8 heteroatoms. The molecule has 0 amide bonds. The van der Waals surface area contributed by atoms with Crippen LogP contribution in [0.4, 0.5) is 11.9 Å². The minimum atomic E-state index is -0.315. The number of hydrogen-bond acceptors (Lipinski definition) is 5. The Balaban J connectivity index is 1.52. The van der Waals surface area contributed by atoms with Crippen LogP contribution in [0.3, 0.4) is 0 Å². The van der Waals surface area contributed by atoms with Crippen molar-refractivity contribution in [1.82, 2.24) is 14.8 Å². The topological polar surface area (TPSA) is 71.8 Å². The van der Waals surface area contributed by atoms with Gasteiger partial charge in [0.15, 0.2) is 0 Å². The average molecular weight is 478 g/mol. The van der Waals surface area contributed by atoms with Crippen molar-refractivity contribution in [2.24, 2.45) is 0 Å². The van der Waals surface area contributed by atoms with E-state index in [2.05, 4.69) is 20.7 Å². The molecule has 3 aromatic carbocycles. The van der Waals surface area contributed by atoms with E-state index in [0.717, 1.165) is 16.7 Å². The van der Waals surface area contributed by atoms with E-state index in [9.17, 15) is 4.79 Å². The molecule has 0 unspecified atom stereocenters. The third-order valence-corrected chi connectivity index (χ3v) is 5.27. The van der Waals surface area contributed by atoms with Gasteiger partial charge in [-0.05, 0) is 47.0 Å². The Hall–Kier alpha value is -3.61. The van der Waals surface area contributed by atoms with Crippen molar-refractivity contribution < 1.29 is 4.79 Å². The number of carbonyl (C=O) groups is 1. The van der Waals surface area contributed by atoms with Gasteiger partial charge in [-0.2, -0.15) is 9.67 Å². The van der Waals surface area contributed by atoms with E-state index in [-0.39, 0.29) is 5.91 Å². The van der Waals surface area contributed by atoms with Crippen LogP contribution in [0.25, 0.3) is 6.08 Å². The third-order valence-electron chi connectivity index (χ3n) is 4.76. The molecule has 0 aliphatic rings. The van der Waals surface area contributed by atoms with Crippen LogP contribution >= 0.6 is 23.2 Å². The maximum atomic E-state index is 12.9. The van der Waals surface area contributed by atoms with E-state index < -0.39 is 0 Å². The zero-order valence-electron chi connectivity index (χ0n) is 17.6. The van der Waals surface area contributed by atoms with Gasteiger partial charge < -0.3 is 10.6 Å². The van der Waals surface area contributed by atoms with Crippen LogP contribution < -0.4 is 10.6 Å². The van der Waals surface area contributed by atoms with E-state index >= 15 is 0 Å². The van der Waals surface area contributed by atoms with E-state index in [1.165, 1.54) is 10.8 Å². The van der Waals surface area contributed by atoms with Crippen molar-refractivity contribution in [3.05, 3.63) is 112 Å². The van der Waals surface area contributed by atoms with Crippen molar-refractivity contribution >= 4 is 47.1 Å². The molecule has 0 aliphatic heterocycles. The molecule has 4 rings (SSSR count). The molecule has 1 heterocycles. The molecule has 0 aliphatic carbocycles. The fourth-order valence-electron chi connectivity index (χ4n) is 3.02. The maximum absolute atomic E-state index is 12.9. The van der Waals surface area contributed by atoms with Crippen molar-refractivity contribution in [3.63, 3.8) is 0 Å². The molecule has 6 nitrogen and oxygen atoms in total. The molecule has 0 atom stereocenters. The van der Waals surface area contributed by atoms with Gasteiger partial charge in [-0.1, -0.05) is 77.8 Å². The summed E-state index contributed by atoms with van der Waals surface area (Å²) in [5, 5.41) is 12.0. The molecular weight excluding hydrogens is 457 g/mol. The predicted octanol–water partition coefficient (Wildman–Crippen LogP) is 6.16. The number of nitrogens with one attached hydrogen (secondary N) is 2. The molecule has 0 spiro atoms. The summed E-state index contributed by atoms with van der Waals surface area (Å²) in [5.74, 6) is 0.362. The third kappa shape index (κ3) is 6.44. The number of anilines is 2. The van der Waals surface area contributed by atoms with Crippen molar-refractivity contribution in [2.75, 3.05) is 10.6 Å². The Morgan fingerprint density at radius 1 is 0.818 bits per heavy atom. The number of aromatic nitrogens is 3. The molecule has 0 bridgehead atoms. The highest BCUT2D eigenvalue weighted by atomic mass is 35.5. The lowest BCUT2D eigenvalue weighted by Crippen LogP contribution is -2.14. The van der Waals surface area contributed by atoms with Gasteiger partial charge in [-0.25, -0.2) is 0 Å². The second-order valence-electron chi connectivity index (χ2n) is 7.21. The number of nitrogens with zero attached hydrogens (tertiary/aromatic N) is 3. The van der Waals surface area contributed by atoms with E-state index in [4.69, 9.17) is 23.2 Å². The highest BCUT2D eigenvalue weighted by Crippen LogP contribution is 2.15. The first-order valence-electron chi connectivity index (χ1n) is 10.3. The van der Waals surface area contributed by atoms with Gasteiger partial charge in [-0.15, -0.1) is 5.10 Å². The summed E-state index contributed by atoms with van der Waals surface area (Å²) < 4.78 is 1.25. The molecule has 0 fully saturated rings. The minimum absolute atomic E-state index is 0.315.